The van der Waals surface area contributed by atoms with Gasteiger partial charge in [-0.1, -0.05) is 30.3 Å². The number of hydrogen-bond acceptors (Lipinski definition) is 3. The normalized spacial score (nSPS) is 11.0. The third-order valence-corrected chi connectivity index (χ3v) is 5.05. The van der Waals surface area contributed by atoms with Gasteiger partial charge < -0.3 is 19.2 Å². The number of aryl methyl sites for hydroxylation is 2. The Labute approximate surface area is 166 Å². The van der Waals surface area contributed by atoms with E-state index in [1.807, 2.05) is 63.4 Å². The molecule has 2 aromatic heterocycles. The van der Waals surface area contributed by atoms with Gasteiger partial charge in [-0.3, -0.25) is 4.79 Å². The minimum atomic E-state index is -0.0456. The molecule has 0 aliphatic heterocycles. The van der Waals surface area contributed by atoms with Gasteiger partial charge in [-0.25, -0.2) is 4.98 Å². The number of hydrogen-bond donors (Lipinski definition) is 1. The first-order valence-electron chi connectivity index (χ1n) is 9.54. The SMILES string of the molecule is COCCn1c(C)cc(C(=O)NCCn2c(C)cnc2-c2ccccc2)c1C. The van der Waals surface area contributed by atoms with Crippen LogP contribution in [0.3, 0.4) is 0 Å². The molecule has 0 bridgehead atoms. The van der Waals surface area contributed by atoms with Crippen molar-refractivity contribution in [2.75, 3.05) is 20.3 Å². The second-order valence-electron chi connectivity index (χ2n) is 6.93. The minimum absolute atomic E-state index is 0.0456. The van der Waals surface area contributed by atoms with Gasteiger partial charge in [-0.15, -0.1) is 0 Å². The van der Waals surface area contributed by atoms with Crippen LogP contribution in [0, 0.1) is 20.8 Å². The van der Waals surface area contributed by atoms with Crippen LogP contribution in [0.25, 0.3) is 11.4 Å². The molecule has 3 rings (SSSR count). The van der Waals surface area contributed by atoms with Crippen molar-refractivity contribution >= 4 is 5.91 Å². The summed E-state index contributed by atoms with van der Waals surface area (Å²) < 4.78 is 9.41. The lowest BCUT2D eigenvalue weighted by molar-refractivity contribution is 0.0951. The molecule has 0 atom stereocenters. The van der Waals surface area contributed by atoms with E-state index in [0.29, 0.717) is 19.7 Å². The monoisotopic (exact) mass is 380 g/mol. The molecule has 2 heterocycles. The molecule has 1 amide bonds. The molecule has 148 valence electrons. The minimum Gasteiger partial charge on any atom is -0.383 e. The van der Waals surface area contributed by atoms with E-state index in [1.54, 1.807) is 7.11 Å². The second kappa shape index (κ2) is 8.89. The predicted molar refractivity (Wildman–Crippen MR) is 111 cm³/mol. The average Bonchev–Trinajstić information content (AvgIpc) is 3.20. The summed E-state index contributed by atoms with van der Waals surface area (Å²) in [6.07, 6.45) is 1.87. The van der Waals surface area contributed by atoms with Gasteiger partial charge in [0.05, 0.1) is 12.2 Å². The van der Waals surface area contributed by atoms with Gasteiger partial charge in [0.1, 0.15) is 5.82 Å². The number of amides is 1. The molecule has 0 aliphatic rings. The first-order valence-corrected chi connectivity index (χ1v) is 9.54. The smallest absolute Gasteiger partial charge is 0.253 e. The molecule has 0 saturated heterocycles. The molecule has 0 aliphatic carbocycles. The van der Waals surface area contributed by atoms with Gasteiger partial charge in [-0.05, 0) is 26.8 Å². The number of aromatic nitrogens is 3. The second-order valence-corrected chi connectivity index (χ2v) is 6.93. The highest BCUT2D eigenvalue weighted by Crippen LogP contribution is 2.19. The highest BCUT2D eigenvalue weighted by molar-refractivity contribution is 5.95. The van der Waals surface area contributed by atoms with E-state index in [0.717, 1.165) is 40.6 Å². The number of nitrogens with one attached hydrogen (secondary N) is 1. The largest absolute Gasteiger partial charge is 0.383 e. The van der Waals surface area contributed by atoms with Crippen molar-refractivity contribution in [3.8, 4) is 11.4 Å². The van der Waals surface area contributed by atoms with E-state index in [2.05, 4.69) is 19.4 Å². The fraction of sp³-hybridized carbons (Fsp3) is 0.364. The number of ether oxygens (including phenoxy) is 1. The zero-order valence-electron chi connectivity index (χ0n) is 17.0. The zero-order valence-corrected chi connectivity index (χ0v) is 17.0. The van der Waals surface area contributed by atoms with Crippen LogP contribution in [-0.2, 0) is 17.8 Å². The number of imidazole rings is 1. The Morgan fingerprint density at radius 2 is 1.82 bits per heavy atom. The summed E-state index contributed by atoms with van der Waals surface area (Å²) in [5.74, 6) is 0.876. The van der Waals surface area contributed by atoms with E-state index in [4.69, 9.17) is 4.74 Å². The van der Waals surface area contributed by atoms with E-state index >= 15 is 0 Å². The molecule has 6 nitrogen and oxygen atoms in total. The molecule has 1 N–H and O–H groups in total. The van der Waals surface area contributed by atoms with Crippen LogP contribution in [0.5, 0.6) is 0 Å². The number of rotatable bonds is 8. The molecule has 0 saturated carbocycles. The topological polar surface area (TPSA) is 61.1 Å². The maximum absolute atomic E-state index is 12.7. The zero-order chi connectivity index (χ0) is 20.1. The fourth-order valence-corrected chi connectivity index (χ4v) is 3.49. The molecule has 0 fully saturated rings. The maximum Gasteiger partial charge on any atom is 0.253 e. The standard InChI is InChI=1S/C22H28N4O2/c1-16-14-20(18(3)25(16)12-13-28-4)22(27)23-10-11-26-17(2)15-24-21(26)19-8-6-5-7-9-19/h5-9,14-15H,10-13H2,1-4H3,(H,23,27). The van der Waals surface area contributed by atoms with Gasteiger partial charge in [0.15, 0.2) is 0 Å². The summed E-state index contributed by atoms with van der Waals surface area (Å²) in [5, 5.41) is 3.05. The van der Waals surface area contributed by atoms with Gasteiger partial charge in [0, 0.05) is 55.6 Å². The number of nitrogens with zero attached hydrogens (tertiary/aromatic N) is 3. The van der Waals surface area contributed by atoms with Crippen molar-refractivity contribution in [2.45, 2.75) is 33.9 Å². The van der Waals surface area contributed by atoms with Gasteiger partial charge in [-0.2, -0.15) is 0 Å². The quantitative estimate of drug-likeness (QED) is 0.652. The van der Waals surface area contributed by atoms with Gasteiger partial charge in [0.25, 0.3) is 5.91 Å². The van der Waals surface area contributed by atoms with Crippen LogP contribution in [0.15, 0.2) is 42.6 Å². The highest BCUT2D eigenvalue weighted by atomic mass is 16.5. The lowest BCUT2D eigenvalue weighted by atomic mass is 10.2. The number of carbonyl (C=O) groups is 1. The summed E-state index contributed by atoms with van der Waals surface area (Å²) in [5.41, 5.74) is 4.90. The van der Waals surface area contributed by atoms with Crippen molar-refractivity contribution in [2.24, 2.45) is 0 Å². The van der Waals surface area contributed by atoms with Crippen molar-refractivity contribution in [3.05, 3.63) is 65.2 Å². The van der Waals surface area contributed by atoms with Crippen molar-refractivity contribution in [1.82, 2.24) is 19.4 Å². The molecule has 6 heteroatoms. The number of benzene rings is 1. The van der Waals surface area contributed by atoms with Crippen molar-refractivity contribution < 1.29 is 9.53 Å². The molecule has 28 heavy (non-hydrogen) atoms. The Morgan fingerprint density at radius 3 is 2.54 bits per heavy atom. The van der Waals surface area contributed by atoms with Crippen LogP contribution in [0.4, 0.5) is 0 Å². The fourth-order valence-electron chi connectivity index (χ4n) is 3.49. The number of carbonyl (C=O) groups excluding carboxylic acids is 1. The number of methoxy groups -OCH3 is 1. The summed E-state index contributed by atoms with van der Waals surface area (Å²) in [6, 6.07) is 12.0. The average molecular weight is 380 g/mol. The lowest BCUT2D eigenvalue weighted by Gasteiger charge is -2.12. The molecule has 1 aromatic carbocycles. The molecule has 0 spiro atoms. The molecular formula is C22H28N4O2. The van der Waals surface area contributed by atoms with Crippen molar-refractivity contribution in [1.29, 1.82) is 0 Å². The summed E-state index contributed by atoms with van der Waals surface area (Å²) in [7, 11) is 1.68. The predicted octanol–water partition coefficient (Wildman–Crippen LogP) is 3.35. The Kier molecular flexibility index (Phi) is 6.31. The first kappa shape index (κ1) is 19.9. The molecule has 0 radical (unpaired) electrons. The Morgan fingerprint density at radius 1 is 1.07 bits per heavy atom. The molecule has 3 aromatic rings. The molecule has 0 unspecified atom stereocenters. The lowest BCUT2D eigenvalue weighted by Crippen LogP contribution is -2.28. The van der Waals surface area contributed by atoms with E-state index in [9.17, 15) is 4.79 Å². The van der Waals surface area contributed by atoms with Crippen LogP contribution in [-0.4, -0.2) is 40.3 Å². The summed E-state index contributed by atoms with van der Waals surface area (Å²) in [4.78, 5) is 17.2. The highest BCUT2D eigenvalue weighted by Gasteiger charge is 2.16. The van der Waals surface area contributed by atoms with Gasteiger partial charge >= 0.3 is 0 Å². The third-order valence-electron chi connectivity index (χ3n) is 5.05. The van der Waals surface area contributed by atoms with Crippen LogP contribution >= 0.6 is 0 Å². The van der Waals surface area contributed by atoms with Gasteiger partial charge in [0.2, 0.25) is 0 Å². The Hall–Kier alpha value is -2.86. The van der Waals surface area contributed by atoms with E-state index < -0.39 is 0 Å². The third kappa shape index (κ3) is 4.17. The Bertz CT molecular complexity index is 941. The first-order chi connectivity index (χ1) is 13.5. The van der Waals surface area contributed by atoms with E-state index in [-0.39, 0.29) is 5.91 Å². The summed E-state index contributed by atoms with van der Waals surface area (Å²) >= 11 is 0. The van der Waals surface area contributed by atoms with Crippen LogP contribution in [0.1, 0.15) is 27.4 Å². The maximum atomic E-state index is 12.7. The van der Waals surface area contributed by atoms with Crippen molar-refractivity contribution in [3.63, 3.8) is 0 Å². The van der Waals surface area contributed by atoms with E-state index in [1.165, 1.54) is 0 Å². The molecular weight excluding hydrogens is 352 g/mol. The Balaban J connectivity index is 1.67. The summed E-state index contributed by atoms with van der Waals surface area (Å²) in [6.45, 7) is 8.60. The van der Waals surface area contributed by atoms with Crippen LogP contribution in [0.2, 0.25) is 0 Å². The van der Waals surface area contributed by atoms with Crippen LogP contribution < -0.4 is 5.32 Å².